The SMILES string of the molecule is Cc1ccnc(N2CCN(Cc3ccccc3Br)CC2)n1. The van der Waals surface area contributed by atoms with Crippen LogP contribution in [0, 0.1) is 6.92 Å². The van der Waals surface area contributed by atoms with Crippen molar-refractivity contribution < 1.29 is 0 Å². The molecule has 0 aliphatic carbocycles. The second-order valence-corrected chi connectivity index (χ2v) is 6.21. The van der Waals surface area contributed by atoms with Crippen LogP contribution < -0.4 is 4.90 Å². The number of aromatic nitrogens is 2. The number of anilines is 1. The number of benzene rings is 1. The van der Waals surface area contributed by atoms with E-state index in [1.807, 2.05) is 19.2 Å². The normalized spacial score (nSPS) is 16.2. The van der Waals surface area contributed by atoms with Crippen LogP contribution in [-0.4, -0.2) is 41.0 Å². The van der Waals surface area contributed by atoms with Gasteiger partial charge in [0, 0.05) is 49.1 Å². The Bertz CT molecular complexity index is 609. The van der Waals surface area contributed by atoms with Crippen molar-refractivity contribution in [3.05, 3.63) is 52.3 Å². The van der Waals surface area contributed by atoms with Gasteiger partial charge in [-0.15, -0.1) is 0 Å². The molecule has 0 radical (unpaired) electrons. The molecule has 0 N–H and O–H groups in total. The topological polar surface area (TPSA) is 32.3 Å². The maximum atomic E-state index is 4.51. The van der Waals surface area contributed by atoms with E-state index in [4.69, 9.17) is 0 Å². The average Bonchev–Trinajstić information content (AvgIpc) is 2.50. The van der Waals surface area contributed by atoms with Gasteiger partial charge in [-0.3, -0.25) is 4.90 Å². The predicted molar refractivity (Wildman–Crippen MR) is 88.4 cm³/mol. The van der Waals surface area contributed by atoms with Gasteiger partial charge >= 0.3 is 0 Å². The van der Waals surface area contributed by atoms with E-state index in [1.165, 1.54) is 10.0 Å². The van der Waals surface area contributed by atoms with Crippen molar-refractivity contribution in [1.82, 2.24) is 14.9 Å². The van der Waals surface area contributed by atoms with Crippen LogP contribution in [-0.2, 0) is 6.54 Å². The summed E-state index contributed by atoms with van der Waals surface area (Å²) >= 11 is 3.62. The first-order chi connectivity index (χ1) is 10.2. The Balaban J connectivity index is 1.59. The van der Waals surface area contributed by atoms with Crippen LogP contribution in [0.3, 0.4) is 0 Å². The van der Waals surface area contributed by atoms with E-state index in [9.17, 15) is 0 Å². The van der Waals surface area contributed by atoms with Crippen molar-refractivity contribution in [3.63, 3.8) is 0 Å². The summed E-state index contributed by atoms with van der Waals surface area (Å²) in [6.07, 6.45) is 1.84. The molecular weight excluding hydrogens is 328 g/mol. The highest BCUT2D eigenvalue weighted by Crippen LogP contribution is 2.19. The molecule has 4 nitrogen and oxygen atoms in total. The molecule has 0 atom stereocenters. The number of piperazine rings is 1. The third-order valence-electron chi connectivity index (χ3n) is 3.79. The van der Waals surface area contributed by atoms with Crippen LogP contribution in [0.4, 0.5) is 5.95 Å². The predicted octanol–water partition coefficient (Wildman–Crippen LogP) is 2.87. The Morgan fingerprint density at radius 3 is 2.57 bits per heavy atom. The minimum atomic E-state index is 0.857. The minimum Gasteiger partial charge on any atom is -0.338 e. The highest BCUT2D eigenvalue weighted by Gasteiger charge is 2.19. The molecule has 2 aromatic rings. The summed E-state index contributed by atoms with van der Waals surface area (Å²) in [5.74, 6) is 0.857. The molecule has 1 fully saturated rings. The minimum absolute atomic E-state index is 0.857. The molecule has 0 unspecified atom stereocenters. The third-order valence-corrected chi connectivity index (χ3v) is 4.56. The standard InChI is InChI=1S/C16H19BrN4/c1-13-6-7-18-16(19-13)21-10-8-20(9-11-21)12-14-4-2-3-5-15(14)17/h2-7H,8-12H2,1H3. The average molecular weight is 347 g/mol. The van der Waals surface area contributed by atoms with E-state index in [-0.39, 0.29) is 0 Å². The van der Waals surface area contributed by atoms with E-state index in [1.54, 1.807) is 0 Å². The van der Waals surface area contributed by atoms with Crippen molar-refractivity contribution in [3.8, 4) is 0 Å². The Labute approximate surface area is 133 Å². The van der Waals surface area contributed by atoms with Gasteiger partial charge in [0.2, 0.25) is 5.95 Å². The quantitative estimate of drug-likeness (QED) is 0.855. The van der Waals surface area contributed by atoms with Gasteiger partial charge in [-0.05, 0) is 24.6 Å². The third kappa shape index (κ3) is 3.60. The van der Waals surface area contributed by atoms with Crippen LogP contribution in [0.15, 0.2) is 41.0 Å². The summed E-state index contributed by atoms with van der Waals surface area (Å²) in [6.45, 7) is 7.04. The fraction of sp³-hybridized carbons (Fsp3) is 0.375. The van der Waals surface area contributed by atoms with E-state index >= 15 is 0 Å². The zero-order valence-electron chi connectivity index (χ0n) is 12.2. The van der Waals surface area contributed by atoms with Crippen molar-refractivity contribution in [2.24, 2.45) is 0 Å². The Morgan fingerprint density at radius 1 is 1.10 bits per heavy atom. The van der Waals surface area contributed by atoms with Crippen LogP contribution in [0.1, 0.15) is 11.3 Å². The lowest BCUT2D eigenvalue weighted by Crippen LogP contribution is -2.46. The summed E-state index contributed by atoms with van der Waals surface area (Å²) in [6, 6.07) is 10.4. The lowest BCUT2D eigenvalue weighted by atomic mass is 10.2. The second kappa shape index (κ2) is 6.54. The second-order valence-electron chi connectivity index (χ2n) is 5.35. The Hall–Kier alpha value is -1.46. The maximum absolute atomic E-state index is 4.51. The zero-order chi connectivity index (χ0) is 14.7. The summed E-state index contributed by atoms with van der Waals surface area (Å²) in [5, 5.41) is 0. The molecule has 3 rings (SSSR count). The zero-order valence-corrected chi connectivity index (χ0v) is 13.8. The molecule has 2 heterocycles. The number of aryl methyl sites for hydroxylation is 1. The molecule has 0 saturated carbocycles. The lowest BCUT2D eigenvalue weighted by Gasteiger charge is -2.34. The Morgan fingerprint density at radius 2 is 1.86 bits per heavy atom. The molecule has 1 aromatic carbocycles. The monoisotopic (exact) mass is 346 g/mol. The van der Waals surface area contributed by atoms with Gasteiger partial charge in [-0.25, -0.2) is 9.97 Å². The molecule has 1 aliphatic rings. The number of hydrogen-bond donors (Lipinski definition) is 0. The fourth-order valence-electron chi connectivity index (χ4n) is 2.56. The number of hydrogen-bond acceptors (Lipinski definition) is 4. The molecular formula is C16H19BrN4. The van der Waals surface area contributed by atoms with Gasteiger partial charge < -0.3 is 4.90 Å². The molecule has 21 heavy (non-hydrogen) atoms. The molecule has 0 amide bonds. The van der Waals surface area contributed by atoms with Crippen molar-refractivity contribution in [1.29, 1.82) is 0 Å². The van der Waals surface area contributed by atoms with Gasteiger partial charge in [0.25, 0.3) is 0 Å². The molecule has 1 aliphatic heterocycles. The van der Waals surface area contributed by atoms with E-state index in [0.717, 1.165) is 44.4 Å². The summed E-state index contributed by atoms with van der Waals surface area (Å²) < 4.78 is 1.19. The molecule has 5 heteroatoms. The van der Waals surface area contributed by atoms with Gasteiger partial charge in [0.1, 0.15) is 0 Å². The maximum Gasteiger partial charge on any atom is 0.225 e. The van der Waals surface area contributed by atoms with Crippen LogP contribution >= 0.6 is 15.9 Å². The summed E-state index contributed by atoms with van der Waals surface area (Å²) in [7, 11) is 0. The lowest BCUT2D eigenvalue weighted by molar-refractivity contribution is 0.248. The van der Waals surface area contributed by atoms with Crippen molar-refractivity contribution in [2.75, 3.05) is 31.1 Å². The summed E-state index contributed by atoms with van der Waals surface area (Å²) in [5.41, 5.74) is 2.37. The summed E-state index contributed by atoms with van der Waals surface area (Å²) in [4.78, 5) is 13.6. The van der Waals surface area contributed by atoms with Gasteiger partial charge in [0.05, 0.1) is 0 Å². The van der Waals surface area contributed by atoms with E-state index in [0.29, 0.717) is 0 Å². The van der Waals surface area contributed by atoms with Crippen molar-refractivity contribution in [2.45, 2.75) is 13.5 Å². The highest BCUT2D eigenvalue weighted by molar-refractivity contribution is 9.10. The fourth-order valence-corrected chi connectivity index (χ4v) is 2.97. The molecule has 0 spiro atoms. The first-order valence-electron chi connectivity index (χ1n) is 7.23. The Kier molecular flexibility index (Phi) is 4.51. The van der Waals surface area contributed by atoms with Gasteiger partial charge in [-0.2, -0.15) is 0 Å². The first-order valence-corrected chi connectivity index (χ1v) is 8.02. The van der Waals surface area contributed by atoms with Crippen LogP contribution in [0.2, 0.25) is 0 Å². The van der Waals surface area contributed by atoms with Crippen LogP contribution in [0.25, 0.3) is 0 Å². The van der Waals surface area contributed by atoms with E-state index in [2.05, 4.69) is 60.0 Å². The number of halogens is 1. The highest BCUT2D eigenvalue weighted by atomic mass is 79.9. The van der Waals surface area contributed by atoms with Gasteiger partial charge in [0.15, 0.2) is 0 Å². The van der Waals surface area contributed by atoms with Crippen molar-refractivity contribution >= 4 is 21.9 Å². The molecule has 1 saturated heterocycles. The van der Waals surface area contributed by atoms with Crippen LogP contribution in [0.5, 0.6) is 0 Å². The first kappa shape index (κ1) is 14.5. The molecule has 0 bridgehead atoms. The number of rotatable bonds is 3. The number of nitrogens with zero attached hydrogens (tertiary/aromatic N) is 4. The largest absolute Gasteiger partial charge is 0.338 e. The smallest absolute Gasteiger partial charge is 0.225 e. The molecule has 1 aromatic heterocycles. The van der Waals surface area contributed by atoms with Gasteiger partial charge in [-0.1, -0.05) is 34.1 Å². The van der Waals surface area contributed by atoms with E-state index < -0.39 is 0 Å². The molecule has 110 valence electrons.